The third-order valence-corrected chi connectivity index (χ3v) is 7.05. The van der Waals surface area contributed by atoms with Crippen LogP contribution < -0.4 is 27.8 Å². The number of nitrogens with zero attached hydrogens (tertiary/aromatic N) is 3. The van der Waals surface area contributed by atoms with Crippen molar-refractivity contribution in [2.45, 2.75) is 36.5 Å². The Morgan fingerprint density at radius 1 is 1.32 bits per heavy atom. The Hall–Kier alpha value is -2.81. The van der Waals surface area contributed by atoms with E-state index in [1.807, 2.05) is 7.05 Å². The van der Waals surface area contributed by atoms with E-state index in [-0.39, 0.29) is 16.5 Å². The number of anilines is 1. The number of quaternary nitrogens is 1. The molecular weight excluding hydrogens is 499 g/mol. The van der Waals surface area contributed by atoms with Crippen molar-refractivity contribution in [2.75, 3.05) is 45.8 Å². The van der Waals surface area contributed by atoms with Crippen LogP contribution >= 0.6 is 11.8 Å². The van der Waals surface area contributed by atoms with Crippen molar-refractivity contribution in [3.8, 4) is 0 Å². The summed E-state index contributed by atoms with van der Waals surface area (Å²) in [6, 6.07) is 6.59. The van der Waals surface area contributed by atoms with Gasteiger partial charge >= 0.3 is 0 Å². The number of hydrogen-bond donors (Lipinski definition) is 5. The van der Waals surface area contributed by atoms with Crippen LogP contribution in [0.3, 0.4) is 0 Å². The van der Waals surface area contributed by atoms with E-state index in [1.54, 1.807) is 24.4 Å². The Bertz CT molecular complexity index is 1070. The van der Waals surface area contributed by atoms with Crippen LogP contribution in [0.1, 0.15) is 47.5 Å². The molecule has 0 spiro atoms. The van der Waals surface area contributed by atoms with Crippen LogP contribution in [0.5, 0.6) is 0 Å². The van der Waals surface area contributed by atoms with Gasteiger partial charge in [-0.1, -0.05) is 12.8 Å². The number of hydrazine groups is 1. The zero-order valence-corrected chi connectivity index (χ0v) is 22.0. The molecule has 1 saturated carbocycles. The SMILES string of the molecule is CNCCOCCN(N)/C(=N\N)Sc1ccc([NH2+]OC)cc1C(=O)Nc1ncc(C2CCCC2)cc1F. The topological polar surface area (TPSA) is 157 Å². The van der Waals surface area contributed by atoms with E-state index < -0.39 is 11.7 Å². The molecule has 0 saturated heterocycles. The van der Waals surface area contributed by atoms with Gasteiger partial charge in [-0.2, -0.15) is 10.6 Å². The Morgan fingerprint density at radius 3 is 2.78 bits per heavy atom. The highest BCUT2D eigenvalue weighted by molar-refractivity contribution is 8.13. The number of likely N-dealkylation sites (N-methyl/N-ethyl adjacent to an activating group) is 1. The number of carbonyl (C=O) groups excluding carboxylic acids is 1. The van der Waals surface area contributed by atoms with E-state index >= 15 is 0 Å². The molecule has 11 nitrogen and oxygen atoms in total. The number of nitrogens with two attached hydrogens (primary N) is 3. The number of hydrazone groups is 1. The molecule has 3 rings (SSSR count). The zero-order valence-electron chi connectivity index (χ0n) is 21.2. The smallest absolute Gasteiger partial charge is 0.258 e. The quantitative estimate of drug-likeness (QED) is 0.0518. The molecule has 1 fully saturated rings. The number of nitrogens with one attached hydrogen (secondary N) is 2. The maximum absolute atomic E-state index is 14.9. The number of amidine groups is 1. The van der Waals surface area contributed by atoms with E-state index in [9.17, 15) is 9.18 Å². The van der Waals surface area contributed by atoms with Crippen molar-refractivity contribution in [3.63, 3.8) is 0 Å². The van der Waals surface area contributed by atoms with Gasteiger partial charge in [-0.25, -0.2) is 20.1 Å². The van der Waals surface area contributed by atoms with Gasteiger partial charge in [0.15, 0.2) is 17.3 Å². The highest BCUT2D eigenvalue weighted by Crippen LogP contribution is 2.34. The number of halogens is 1. The average Bonchev–Trinajstić information content (AvgIpc) is 3.44. The molecule has 1 aromatic carbocycles. The van der Waals surface area contributed by atoms with Gasteiger partial charge in [-0.05, 0) is 55.3 Å². The average molecular weight is 536 g/mol. The number of carbonyl (C=O) groups is 1. The first-order valence-electron chi connectivity index (χ1n) is 12.1. The third-order valence-electron chi connectivity index (χ3n) is 5.95. The molecule has 0 unspecified atom stereocenters. The van der Waals surface area contributed by atoms with Gasteiger partial charge in [0.2, 0.25) is 5.17 Å². The summed E-state index contributed by atoms with van der Waals surface area (Å²) in [6.45, 7) is 1.97. The van der Waals surface area contributed by atoms with Crippen molar-refractivity contribution in [3.05, 3.63) is 47.4 Å². The standard InChI is InChI=1S/C24H35FN8O3S/c1-28-9-11-36-12-10-33(27)24(31-26)37-21-8-7-18(32-35-2)14-19(21)23(34)30-22-20(25)13-17(15-29-22)16-5-3-4-6-16/h7-8,13-16,28,32H,3-6,9-12,26-27H2,1-2H3,(H,29,30,34)/p+1/b31-24+. The monoisotopic (exact) mass is 535 g/mol. The lowest BCUT2D eigenvalue weighted by atomic mass is 9.99. The summed E-state index contributed by atoms with van der Waals surface area (Å²) in [5.41, 5.74) is 3.27. The highest BCUT2D eigenvalue weighted by atomic mass is 32.2. The summed E-state index contributed by atoms with van der Waals surface area (Å²) in [6.07, 6.45) is 5.97. The lowest BCUT2D eigenvalue weighted by molar-refractivity contribution is -0.830. The fourth-order valence-corrected chi connectivity index (χ4v) is 4.87. The molecule has 37 heavy (non-hydrogen) atoms. The molecule has 1 aliphatic carbocycles. The molecular formula is C24H36FN8O3S+. The van der Waals surface area contributed by atoms with Gasteiger partial charge in [-0.15, -0.1) is 0 Å². The third kappa shape index (κ3) is 8.35. The molecule has 0 atom stereocenters. The van der Waals surface area contributed by atoms with Crippen LogP contribution in [0.4, 0.5) is 15.9 Å². The Kier molecular flexibility index (Phi) is 11.5. The van der Waals surface area contributed by atoms with E-state index in [1.165, 1.54) is 23.7 Å². The summed E-state index contributed by atoms with van der Waals surface area (Å²) in [5.74, 6) is 10.8. The first kappa shape index (κ1) is 28.8. The van der Waals surface area contributed by atoms with Crippen LogP contribution in [0.15, 0.2) is 40.5 Å². The lowest BCUT2D eigenvalue weighted by Gasteiger charge is -2.20. The minimum Gasteiger partial charge on any atom is -0.378 e. The van der Waals surface area contributed by atoms with Crippen molar-refractivity contribution >= 4 is 34.3 Å². The summed E-state index contributed by atoms with van der Waals surface area (Å²) >= 11 is 1.11. The Labute approximate surface area is 220 Å². The summed E-state index contributed by atoms with van der Waals surface area (Å²) in [5, 5.41) is 11.0. The van der Waals surface area contributed by atoms with Crippen molar-refractivity contribution in [2.24, 2.45) is 16.8 Å². The molecule has 1 aromatic heterocycles. The first-order chi connectivity index (χ1) is 18.0. The first-order valence-corrected chi connectivity index (χ1v) is 13.0. The number of hydrogen-bond acceptors (Lipinski definition) is 9. The number of aromatic nitrogens is 1. The van der Waals surface area contributed by atoms with Crippen LogP contribution in [-0.4, -0.2) is 61.5 Å². The minimum atomic E-state index is -0.567. The highest BCUT2D eigenvalue weighted by Gasteiger charge is 2.22. The molecule has 13 heteroatoms. The van der Waals surface area contributed by atoms with Crippen LogP contribution in [-0.2, 0) is 9.57 Å². The number of thioether (sulfide) groups is 1. The molecule has 2 aromatic rings. The second kappa shape index (κ2) is 14.8. The van der Waals surface area contributed by atoms with Gasteiger partial charge in [0.05, 0.1) is 32.4 Å². The number of ether oxygens (including phenoxy) is 1. The molecule has 202 valence electrons. The molecule has 1 aliphatic rings. The van der Waals surface area contributed by atoms with Gasteiger partial charge < -0.3 is 21.2 Å². The van der Waals surface area contributed by atoms with Crippen molar-refractivity contribution in [1.82, 2.24) is 15.3 Å². The van der Waals surface area contributed by atoms with Gasteiger partial charge in [0, 0.05) is 29.8 Å². The molecule has 8 N–H and O–H groups in total. The maximum atomic E-state index is 14.9. The van der Waals surface area contributed by atoms with E-state index in [0.29, 0.717) is 36.3 Å². The summed E-state index contributed by atoms with van der Waals surface area (Å²) in [7, 11) is 3.35. The summed E-state index contributed by atoms with van der Waals surface area (Å²) < 4.78 is 20.4. The fourth-order valence-electron chi connectivity index (χ4n) is 4.02. The largest absolute Gasteiger partial charge is 0.378 e. The van der Waals surface area contributed by atoms with Gasteiger partial charge in [-0.3, -0.25) is 9.80 Å². The Balaban J connectivity index is 1.75. The number of benzene rings is 1. The molecule has 0 radical (unpaired) electrons. The van der Waals surface area contributed by atoms with Crippen molar-refractivity contribution in [1.29, 1.82) is 0 Å². The van der Waals surface area contributed by atoms with Crippen LogP contribution in [0.25, 0.3) is 0 Å². The van der Waals surface area contributed by atoms with Crippen molar-refractivity contribution < 1.29 is 24.2 Å². The minimum absolute atomic E-state index is 0.129. The number of rotatable bonds is 12. The van der Waals surface area contributed by atoms with Crippen LogP contribution in [0, 0.1) is 5.82 Å². The lowest BCUT2D eigenvalue weighted by Crippen LogP contribution is -2.76. The molecule has 1 heterocycles. The second-order valence-electron chi connectivity index (χ2n) is 8.57. The maximum Gasteiger partial charge on any atom is 0.258 e. The second-order valence-corrected chi connectivity index (χ2v) is 9.58. The van der Waals surface area contributed by atoms with E-state index in [2.05, 4.69) is 20.7 Å². The Morgan fingerprint density at radius 2 is 2.11 bits per heavy atom. The molecule has 1 amide bonds. The predicted octanol–water partition coefficient (Wildman–Crippen LogP) is 1.62. The van der Waals surface area contributed by atoms with E-state index in [0.717, 1.165) is 49.6 Å². The number of pyridine rings is 1. The normalized spacial score (nSPS) is 14.2. The zero-order chi connectivity index (χ0) is 26.6. The van der Waals surface area contributed by atoms with Gasteiger partial charge in [0.1, 0.15) is 0 Å². The number of amides is 1. The van der Waals surface area contributed by atoms with E-state index in [4.69, 9.17) is 21.3 Å². The predicted molar refractivity (Wildman–Crippen MR) is 142 cm³/mol. The molecule has 0 aliphatic heterocycles. The molecule has 0 bridgehead atoms. The van der Waals surface area contributed by atoms with Gasteiger partial charge in [0.25, 0.3) is 5.91 Å². The van der Waals surface area contributed by atoms with Crippen LogP contribution in [0.2, 0.25) is 0 Å². The fraction of sp³-hybridized carbons (Fsp3) is 0.458. The summed E-state index contributed by atoms with van der Waals surface area (Å²) in [4.78, 5) is 23.1.